The third-order valence-electron chi connectivity index (χ3n) is 3.91. The van der Waals surface area contributed by atoms with Gasteiger partial charge in [-0.3, -0.25) is 9.69 Å². The van der Waals surface area contributed by atoms with Gasteiger partial charge >= 0.3 is 0 Å². The number of hydrogen-bond donors (Lipinski definition) is 1. The number of aromatic nitrogens is 2. The second-order valence-corrected chi connectivity index (χ2v) is 5.86. The van der Waals surface area contributed by atoms with Gasteiger partial charge in [-0.05, 0) is 35.9 Å². The van der Waals surface area contributed by atoms with Crippen molar-refractivity contribution in [2.24, 2.45) is 0 Å². The molecule has 0 radical (unpaired) electrons. The molecule has 3 aromatic heterocycles. The fourth-order valence-electron chi connectivity index (χ4n) is 2.80. The molecule has 23 heavy (non-hydrogen) atoms. The molecule has 0 saturated heterocycles. The highest BCUT2D eigenvalue weighted by atomic mass is 35.5. The summed E-state index contributed by atoms with van der Waals surface area (Å²) in [6.07, 6.45) is 2.27. The number of H-pyrrole nitrogens is 1. The molecule has 6 nitrogen and oxygen atoms in total. The van der Waals surface area contributed by atoms with Gasteiger partial charge in [0.15, 0.2) is 16.8 Å². The van der Waals surface area contributed by atoms with Gasteiger partial charge < -0.3 is 13.8 Å². The van der Waals surface area contributed by atoms with Crippen molar-refractivity contribution in [1.29, 1.82) is 0 Å². The van der Waals surface area contributed by atoms with E-state index in [0.717, 1.165) is 18.0 Å². The van der Waals surface area contributed by atoms with Crippen LogP contribution in [0.15, 0.2) is 44.2 Å². The molecular weight excluding hydrogens is 318 g/mol. The smallest absolute Gasteiger partial charge is 0.256 e. The molecule has 1 aliphatic rings. The quantitative estimate of drug-likeness (QED) is 0.798. The summed E-state index contributed by atoms with van der Waals surface area (Å²) in [5.41, 5.74) is 1.40. The zero-order valence-corrected chi connectivity index (χ0v) is 13.0. The zero-order valence-electron chi connectivity index (χ0n) is 12.2. The number of nitrogens with one attached hydrogen (secondary N) is 1. The fraction of sp³-hybridized carbons (Fsp3) is 0.250. The molecule has 4 heterocycles. The minimum absolute atomic E-state index is 0.122. The molecule has 0 bridgehead atoms. The van der Waals surface area contributed by atoms with E-state index in [-0.39, 0.29) is 5.56 Å². The van der Waals surface area contributed by atoms with Crippen LogP contribution in [0.5, 0.6) is 0 Å². The predicted octanol–water partition coefficient (Wildman–Crippen LogP) is 2.83. The molecule has 7 heteroatoms. The SMILES string of the molecule is O=c1[nH]c(-c2ccco2)nc2c1CN(Cc1ccc(Cl)o1)CC2. The number of furan rings is 2. The van der Waals surface area contributed by atoms with Crippen molar-refractivity contribution in [2.75, 3.05) is 6.54 Å². The van der Waals surface area contributed by atoms with Crippen molar-refractivity contribution in [3.05, 3.63) is 63.1 Å². The lowest BCUT2D eigenvalue weighted by atomic mass is 10.1. The van der Waals surface area contributed by atoms with Crippen molar-refractivity contribution < 1.29 is 8.83 Å². The van der Waals surface area contributed by atoms with Gasteiger partial charge in [-0.2, -0.15) is 0 Å². The number of halogens is 1. The van der Waals surface area contributed by atoms with Crippen molar-refractivity contribution in [3.63, 3.8) is 0 Å². The second-order valence-electron chi connectivity index (χ2n) is 5.48. The summed E-state index contributed by atoms with van der Waals surface area (Å²) >= 11 is 5.79. The Morgan fingerprint density at radius 2 is 2.26 bits per heavy atom. The highest BCUT2D eigenvalue weighted by molar-refractivity contribution is 6.28. The lowest BCUT2D eigenvalue weighted by molar-refractivity contribution is 0.222. The summed E-state index contributed by atoms with van der Waals surface area (Å²) in [6, 6.07) is 7.12. The number of nitrogens with zero attached hydrogens (tertiary/aromatic N) is 2. The van der Waals surface area contributed by atoms with Crippen LogP contribution in [-0.4, -0.2) is 21.4 Å². The summed E-state index contributed by atoms with van der Waals surface area (Å²) in [5, 5.41) is 0.375. The Labute approximate surface area is 136 Å². The van der Waals surface area contributed by atoms with Crippen LogP contribution in [0.1, 0.15) is 17.0 Å². The van der Waals surface area contributed by atoms with E-state index in [4.69, 9.17) is 20.4 Å². The first-order valence-electron chi connectivity index (χ1n) is 7.31. The first-order valence-corrected chi connectivity index (χ1v) is 7.69. The minimum Gasteiger partial charge on any atom is -0.461 e. The van der Waals surface area contributed by atoms with Gasteiger partial charge in [-0.25, -0.2) is 4.98 Å². The first kappa shape index (κ1) is 14.3. The average Bonchev–Trinajstić information content (AvgIpc) is 3.20. The molecular formula is C16H14ClN3O3. The van der Waals surface area contributed by atoms with E-state index in [2.05, 4.69) is 14.9 Å². The van der Waals surface area contributed by atoms with Crippen LogP contribution in [0.2, 0.25) is 5.22 Å². The highest BCUT2D eigenvalue weighted by Gasteiger charge is 2.22. The van der Waals surface area contributed by atoms with Crippen molar-refractivity contribution in [1.82, 2.24) is 14.9 Å². The molecule has 0 aromatic carbocycles. The molecule has 1 N–H and O–H groups in total. The zero-order chi connectivity index (χ0) is 15.8. The normalized spacial score (nSPS) is 14.8. The Bertz CT molecular complexity index is 882. The molecule has 4 rings (SSSR count). The van der Waals surface area contributed by atoms with E-state index < -0.39 is 0 Å². The maximum Gasteiger partial charge on any atom is 0.256 e. The Kier molecular flexibility index (Phi) is 3.55. The van der Waals surface area contributed by atoms with Crippen LogP contribution in [-0.2, 0) is 19.5 Å². The molecule has 0 fully saturated rings. The van der Waals surface area contributed by atoms with Crippen LogP contribution in [0, 0.1) is 0 Å². The molecule has 0 spiro atoms. The van der Waals surface area contributed by atoms with Crippen molar-refractivity contribution in [3.8, 4) is 11.6 Å². The van der Waals surface area contributed by atoms with Crippen LogP contribution >= 0.6 is 11.6 Å². The maximum absolute atomic E-state index is 12.4. The first-order chi connectivity index (χ1) is 11.2. The van der Waals surface area contributed by atoms with Gasteiger partial charge in [0.05, 0.1) is 24.1 Å². The molecule has 0 aliphatic carbocycles. The van der Waals surface area contributed by atoms with Gasteiger partial charge in [0.2, 0.25) is 0 Å². The molecule has 3 aromatic rings. The maximum atomic E-state index is 12.4. The van der Waals surface area contributed by atoms with Gasteiger partial charge in [-0.15, -0.1) is 0 Å². The Hall–Kier alpha value is -2.31. The van der Waals surface area contributed by atoms with E-state index >= 15 is 0 Å². The molecule has 0 atom stereocenters. The van der Waals surface area contributed by atoms with E-state index in [1.54, 1.807) is 24.5 Å². The standard InChI is InChI=1S/C16H14ClN3O3/c17-14-4-3-10(23-14)8-20-6-5-12-11(9-20)16(21)19-15(18-12)13-2-1-7-22-13/h1-4,7H,5-6,8-9H2,(H,18,19,21). The number of aromatic amines is 1. The summed E-state index contributed by atoms with van der Waals surface area (Å²) in [4.78, 5) is 21.8. The lowest BCUT2D eigenvalue weighted by Gasteiger charge is -2.26. The topological polar surface area (TPSA) is 75.3 Å². The highest BCUT2D eigenvalue weighted by Crippen LogP contribution is 2.21. The third kappa shape index (κ3) is 2.83. The second kappa shape index (κ2) is 5.72. The number of rotatable bonds is 3. The Balaban J connectivity index is 1.59. The molecule has 0 saturated carbocycles. The molecule has 0 unspecified atom stereocenters. The predicted molar refractivity (Wildman–Crippen MR) is 84.1 cm³/mol. The third-order valence-corrected chi connectivity index (χ3v) is 4.11. The van der Waals surface area contributed by atoms with Crippen LogP contribution in [0.25, 0.3) is 11.6 Å². The van der Waals surface area contributed by atoms with E-state index in [9.17, 15) is 4.79 Å². The number of hydrogen-bond acceptors (Lipinski definition) is 5. The molecule has 1 aliphatic heterocycles. The van der Waals surface area contributed by atoms with Crippen molar-refractivity contribution in [2.45, 2.75) is 19.5 Å². The molecule has 0 amide bonds. The monoisotopic (exact) mass is 331 g/mol. The van der Waals surface area contributed by atoms with Crippen molar-refractivity contribution >= 4 is 11.6 Å². The summed E-state index contributed by atoms with van der Waals surface area (Å²) in [6.45, 7) is 1.96. The van der Waals surface area contributed by atoms with Crippen LogP contribution in [0.3, 0.4) is 0 Å². The largest absolute Gasteiger partial charge is 0.461 e. The van der Waals surface area contributed by atoms with E-state index in [1.807, 2.05) is 6.07 Å². The van der Waals surface area contributed by atoms with Crippen LogP contribution < -0.4 is 5.56 Å². The van der Waals surface area contributed by atoms with E-state index in [0.29, 0.717) is 41.9 Å². The number of fused-ring (bicyclic) bond motifs is 1. The van der Waals surface area contributed by atoms with Gasteiger partial charge in [0.25, 0.3) is 5.56 Å². The Morgan fingerprint density at radius 3 is 3.00 bits per heavy atom. The lowest BCUT2D eigenvalue weighted by Crippen LogP contribution is -2.35. The summed E-state index contributed by atoms with van der Waals surface area (Å²) in [7, 11) is 0. The van der Waals surface area contributed by atoms with E-state index in [1.165, 1.54) is 0 Å². The molecule has 118 valence electrons. The minimum atomic E-state index is -0.122. The van der Waals surface area contributed by atoms with Gasteiger partial charge in [0.1, 0.15) is 5.76 Å². The summed E-state index contributed by atoms with van der Waals surface area (Å²) in [5.74, 6) is 1.83. The van der Waals surface area contributed by atoms with Crippen LogP contribution in [0.4, 0.5) is 0 Å². The Morgan fingerprint density at radius 1 is 1.35 bits per heavy atom. The van der Waals surface area contributed by atoms with Gasteiger partial charge in [0, 0.05) is 19.5 Å². The van der Waals surface area contributed by atoms with Gasteiger partial charge in [-0.1, -0.05) is 0 Å². The average molecular weight is 332 g/mol. The summed E-state index contributed by atoms with van der Waals surface area (Å²) < 4.78 is 10.7. The fourth-order valence-corrected chi connectivity index (χ4v) is 2.97.